The Labute approximate surface area is 152 Å². The first kappa shape index (κ1) is 19.7. The van der Waals surface area contributed by atoms with Gasteiger partial charge in [-0.3, -0.25) is 10.0 Å². The molecule has 0 saturated carbocycles. The Kier molecular flexibility index (Phi) is 7.88. The predicted octanol–water partition coefficient (Wildman–Crippen LogP) is 3.17. The van der Waals surface area contributed by atoms with Crippen molar-refractivity contribution >= 4 is 6.41 Å². The Bertz CT molecular complexity index is 659. The Morgan fingerprint density at radius 2 is 1.96 bits per heavy atom. The molecule has 1 heterocycles. The van der Waals surface area contributed by atoms with Gasteiger partial charge in [0.2, 0.25) is 12.3 Å². The molecule has 8 heteroatoms. The molecule has 2 aromatic rings. The van der Waals surface area contributed by atoms with Crippen molar-refractivity contribution in [3.63, 3.8) is 0 Å². The van der Waals surface area contributed by atoms with E-state index >= 15 is 0 Å². The van der Waals surface area contributed by atoms with Gasteiger partial charge < -0.3 is 13.9 Å². The zero-order chi connectivity index (χ0) is 18.8. The van der Waals surface area contributed by atoms with Crippen molar-refractivity contribution in [1.29, 1.82) is 0 Å². The number of carbonyl (C=O) groups is 1. The highest BCUT2D eigenvalue weighted by Crippen LogP contribution is 2.23. The van der Waals surface area contributed by atoms with Gasteiger partial charge in [0.1, 0.15) is 11.5 Å². The van der Waals surface area contributed by atoms with E-state index in [2.05, 4.69) is 17.1 Å². The molecule has 1 N–H and O–H groups in total. The van der Waals surface area contributed by atoms with Crippen molar-refractivity contribution in [1.82, 2.24) is 15.3 Å². The van der Waals surface area contributed by atoms with E-state index in [4.69, 9.17) is 13.9 Å². The highest BCUT2D eigenvalue weighted by Gasteiger charge is 2.21. The molecule has 0 aliphatic carbocycles. The van der Waals surface area contributed by atoms with Crippen molar-refractivity contribution in [3.8, 4) is 11.5 Å². The molecule has 0 bridgehead atoms. The molecule has 142 valence electrons. The third kappa shape index (κ3) is 6.03. The maximum absolute atomic E-state index is 10.7. The second kappa shape index (κ2) is 10.4. The monoisotopic (exact) mass is 363 g/mol. The van der Waals surface area contributed by atoms with Gasteiger partial charge in [0.05, 0.1) is 19.6 Å². The SMILES string of the molecule is CCCCC[C@H](CN(O)C=O)c1nnc(COc2ccc(OC)cc2)o1. The number of carbonyl (C=O) groups excluding carboxylic acids is 1. The lowest BCUT2D eigenvalue weighted by molar-refractivity contribution is -0.151. The molecule has 0 fully saturated rings. The maximum Gasteiger partial charge on any atom is 0.253 e. The summed E-state index contributed by atoms with van der Waals surface area (Å²) >= 11 is 0. The number of methoxy groups -OCH3 is 1. The van der Waals surface area contributed by atoms with Crippen molar-refractivity contribution in [3.05, 3.63) is 36.0 Å². The molecule has 26 heavy (non-hydrogen) atoms. The molecule has 1 aromatic heterocycles. The minimum atomic E-state index is -0.209. The van der Waals surface area contributed by atoms with E-state index in [0.29, 0.717) is 29.0 Å². The van der Waals surface area contributed by atoms with E-state index in [1.807, 2.05) is 0 Å². The predicted molar refractivity (Wildman–Crippen MR) is 93.1 cm³/mol. The van der Waals surface area contributed by atoms with Gasteiger partial charge in [0, 0.05) is 0 Å². The standard InChI is InChI=1S/C18H25N3O5/c1-3-4-5-6-14(11-21(23)13-22)18-20-19-17(26-18)12-25-16-9-7-15(24-2)8-10-16/h7-10,13-14,23H,3-6,11-12H2,1-2H3/t14-/m1/s1. The molecule has 0 radical (unpaired) electrons. The lowest BCUT2D eigenvalue weighted by Gasteiger charge is -2.16. The molecule has 0 saturated heterocycles. The van der Waals surface area contributed by atoms with E-state index in [-0.39, 0.29) is 19.1 Å². The molecule has 1 atom stereocenters. The fraction of sp³-hybridized carbons (Fsp3) is 0.500. The van der Waals surface area contributed by atoms with E-state index in [0.717, 1.165) is 31.4 Å². The molecular formula is C18H25N3O5. The number of amides is 1. The number of rotatable bonds is 12. The van der Waals surface area contributed by atoms with Crippen LogP contribution in [0, 0.1) is 0 Å². The van der Waals surface area contributed by atoms with Crippen LogP contribution < -0.4 is 9.47 Å². The van der Waals surface area contributed by atoms with Crippen LogP contribution in [-0.2, 0) is 11.4 Å². The summed E-state index contributed by atoms with van der Waals surface area (Å²) < 4.78 is 16.4. The molecule has 8 nitrogen and oxygen atoms in total. The summed E-state index contributed by atoms with van der Waals surface area (Å²) in [5.41, 5.74) is 0. The summed E-state index contributed by atoms with van der Waals surface area (Å²) in [6, 6.07) is 7.18. The number of nitrogens with zero attached hydrogens (tertiary/aromatic N) is 3. The molecule has 1 aromatic carbocycles. The highest BCUT2D eigenvalue weighted by atomic mass is 16.5. The van der Waals surface area contributed by atoms with Gasteiger partial charge in [-0.1, -0.05) is 26.2 Å². The minimum Gasteiger partial charge on any atom is -0.497 e. The number of hydrogen-bond donors (Lipinski definition) is 1. The first-order chi connectivity index (χ1) is 12.7. The largest absolute Gasteiger partial charge is 0.497 e. The zero-order valence-electron chi connectivity index (χ0n) is 15.1. The fourth-order valence-electron chi connectivity index (χ4n) is 2.51. The number of aromatic nitrogens is 2. The van der Waals surface area contributed by atoms with Crippen LogP contribution in [0.15, 0.2) is 28.7 Å². The number of hydrogen-bond acceptors (Lipinski definition) is 7. The number of unbranched alkanes of at least 4 members (excludes halogenated alkanes) is 2. The third-order valence-electron chi connectivity index (χ3n) is 3.94. The smallest absolute Gasteiger partial charge is 0.253 e. The molecule has 0 spiro atoms. The Morgan fingerprint density at radius 3 is 2.62 bits per heavy atom. The molecule has 1 amide bonds. The zero-order valence-corrected chi connectivity index (χ0v) is 15.1. The van der Waals surface area contributed by atoms with E-state index < -0.39 is 0 Å². The van der Waals surface area contributed by atoms with Gasteiger partial charge in [-0.05, 0) is 30.7 Å². The lowest BCUT2D eigenvalue weighted by Crippen LogP contribution is -2.24. The summed E-state index contributed by atoms with van der Waals surface area (Å²) in [6.07, 6.45) is 4.21. The Hall–Kier alpha value is -2.61. The topological polar surface area (TPSA) is 97.9 Å². The van der Waals surface area contributed by atoms with Crippen LogP contribution in [0.3, 0.4) is 0 Å². The summed E-state index contributed by atoms with van der Waals surface area (Å²) in [4.78, 5) is 10.7. The van der Waals surface area contributed by atoms with Crippen LogP contribution in [0.1, 0.15) is 50.3 Å². The van der Waals surface area contributed by atoms with Crippen molar-refractivity contribution in [2.24, 2.45) is 0 Å². The second-order valence-electron chi connectivity index (χ2n) is 5.92. The van der Waals surface area contributed by atoms with Crippen LogP contribution in [0.5, 0.6) is 11.5 Å². The van der Waals surface area contributed by atoms with Crippen molar-refractivity contribution in [2.45, 2.75) is 45.1 Å². The summed E-state index contributed by atoms with van der Waals surface area (Å²) in [5, 5.41) is 18.1. The molecule has 0 aliphatic heterocycles. The van der Waals surface area contributed by atoms with Gasteiger partial charge in [0.15, 0.2) is 6.61 Å². The number of hydroxylamine groups is 2. The van der Waals surface area contributed by atoms with E-state index in [1.165, 1.54) is 0 Å². The quantitative estimate of drug-likeness (QED) is 0.268. The molecule has 2 rings (SSSR count). The van der Waals surface area contributed by atoms with Crippen LogP contribution in [-0.4, -0.2) is 40.5 Å². The van der Waals surface area contributed by atoms with E-state index in [9.17, 15) is 10.0 Å². The number of ether oxygens (including phenoxy) is 2. The molecule has 0 unspecified atom stereocenters. The Balaban J connectivity index is 1.95. The summed E-state index contributed by atoms with van der Waals surface area (Å²) in [6.45, 7) is 2.37. The summed E-state index contributed by atoms with van der Waals surface area (Å²) in [5.74, 6) is 1.94. The minimum absolute atomic E-state index is 0.119. The van der Waals surface area contributed by atoms with Crippen LogP contribution >= 0.6 is 0 Å². The van der Waals surface area contributed by atoms with E-state index in [1.54, 1.807) is 31.4 Å². The van der Waals surface area contributed by atoms with Crippen molar-refractivity contribution in [2.75, 3.05) is 13.7 Å². The lowest BCUT2D eigenvalue weighted by atomic mass is 10.0. The van der Waals surface area contributed by atoms with Crippen LogP contribution in [0.2, 0.25) is 0 Å². The molecule has 0 aliphatic rings. The number of benzene rings is 1. The van der Waals surface area contributed by atoms with Gasteiger partial charge in [0.25, 0.3) is 5.89 Å². The first-order valence-electron chi connectivity index (χ1n) is 8.66. The average Bonchev–Trinajstić information content (AvgIpc) is 3.15. The van der Waals surface area contributed by atoms with Gasteiger partial charge in [-0.25, -0.2) is 5.06 Å². The first-order valence-corrected chi connectivity index (χ1v) is 8.66. The molecular weight excluding hydrogens is 338 g/mol. The average molecular weight is 363 g/mol. The maximum atomic E-state index is 10.7. The summed E-state index contributed by atoms with van der Waals surface area (Å²) in [7, 11) is 1.60. The van der Waals surface area contributed by atoms with Gasteiger partial charge in [-0.2, -0.15) is 0 Å². The van der Waals surface area contributed by atoms with Crippen LogP contribution in [0.25, 0.3) is 0 Å². The fourth-order valence-corrected chi connectivity index (χ4v) is 2.51. The highest BCUT2D eigenvalue weighted by molar-refractivity contribution is 5.44. The Morgan fingerprint density at radius 1 is 1.23 bits per heavy atom. The third-order valence-corrected chi connectivity index (χ3v) is 3.94. The normalized spacial score (nSPS) is 11.8. The van der Waals surface area contributed by atoms with Gasteiger partial charge in [-0.15, -0.1) is 10.2 Å². The van der Waals surface area contributed by atoms with Crippen LogP contribution in [0.4, 0.5) is 0 Å². The van der Waals surface area contributed by atoms with Gasteiger partial charge >= 0.3 is 0 Å². The second-order valence-corrected chi connectivity index (χ2v) is 5.92. The van der Waals surface area contributed by atoms with Crippen molar-refractivity contribution < 1.29 is 23.9 Å².